The lowest BCUT2D eigenvalue weighted by Gasteiger charge is -2.54. The first-order chi connectivity index (χ1) is 16.5. The van der Waals surface area contributed by atoms with Gasteiger partial charge in [-0.3, -0.25) is 14.4 Å². The number of benzene rings is 1. The van der Waals surface area contributed by atoms with Crippen molar-refractivity contribution >= 4 is 23.2 Å². The molecule has 2 amide bonds. The predicted molar refractivity (Wildman–Crippen MR) is 130 cm³/mol. The van der Waals surface area contributed by atoms with Crippen molar-refractivity contribution in [3.63, 3.8) is 0 Å². The van der Waals surface area contributed by atoms with Gasteiger partial charge in [0.05, 0.1) is 5.92 Å². The van der Waals surface area contributed by atoms with E-state index < -0.39 is 0 Å². The second-order valence-corrected chi connectivity index (χ2v) is 9.72. The molecule has 1 fully saturated rings. The largest absolute Gasteiger partial charge is 0.385 e. The summed E-state index contributed by atoms with van der Waals surface area (Å²) in [5.74, 6) is 0.126. The van der Waals surface area contributed by atoms with Crippen molar-refractivity contribution in [1.82, 2.24) is 9.88 Å². The first-order valence-electron chi connectivity index (χ1n) is 12.1. The molecule has 34 heavy (non-hydrogen) atoms. The number of methoxy groups -OCH3 is 1. The first-order valence-corrected chi connectivity index (χ1v) is 12.1. The zero-order valence-electron chi connectivity index (χ0n) is 19.8. The highest BCUT2D eigenvalue weighted by Gasteiger charge is 2.49. The number of anilines is 2. The minimum absolute atomic E-state index is 0.0221. The van der Waals surface area contributed by atoms with Crippen molar-refractivity contribution in [3.8, 4) is 0 Å². The molecule has 1 saturated heterocycles. The summed E-state index contributed by atoms with van der Waals surface area (Å²) in [6.45, 7) is 4.18. The number of carbonyl (C=O) groups excluding carboxylic acids is 2. The maximum atomic E-state index is 13.5. The molecule has 5 rings (SSSR count). The van der Waals surface area contributed by atoms with Crippen LogP contribution in [0.5, 0.6) is 0 Å². The molecule has 0 radical (unpaired) electrons. The molecule has 1 aromatic carbocycles. The summed E-state index contributed by atoms with van der Waals surface area (Å²) in [6.07, 6.45) is 2.34. The zero-order valence-corrected chi connectivity index (χ0v) is 19.8. The normalized spacial score (nSPS) is 24.5. The number of ether oxygens (including phenoxy) is 1. The lowest BCUT2D eigenvalue weighted by atomic mass is 9.69. The van der Waals surface area contributed by atoms with Crippen molar-refractivity contribution in [3.05, 3.63) is 58.0 Å². The Morgan fingerprint density at radius 2 is 2.03 bits per heavy atom. The van der Waals surface area contributed by atoms with Gasteiger partial charge in [-0.05, 0) is 55.0 Å². The maximum absolute atomic E-state index is 13.5. The molecule has 180 valence electrons. The van der Waals surface area contributed by atoms with Crippen LogP contribution in [0.2, 0.25) is 0 Å². The minimum Gasteiger partial charge on any atom is -0.385 e. The highest BCUT2D eigenvalue weighted by Crippen LogP contribution is 2.48. The molecular formula is C26H32N4O4. The van der Waals surface area contributed by atoms with Crippen LogP contribution in [0.3, 0.4) is 0 Å². The van der Waals surface area contributed by atoms with E-state index in [1.165, 1.54) is 6.92 Å². The lowest BCUT2D eigenvalue weighted by Crippen LogP contribution is -2.60. The second kappa shape index (κ2) is 9.25. The van der Waals surface area contributed by atoms with Gasteiger partial charge in [-0.15, -0.1) is 0 Å². The van der Waals surface area contributed by atoms with E-state index >= 15 is 0 Å². The summed E-state index contributed by atoms with van der Waals surface area (Å²) in [4.78, 5) is 40.1. The summed E-state index contributed by atoms with van der Waals surface area (Å²) in [7, 11) is 1.66. The maximum Gasteiger partial charge on any atom is 0.250 e. The second-order valence-electron chi connectivity index (χ2n) is 9.72. The van der Waals surface area contributed by atoms with E-state index in [0.717, 1.165) is 42.0 Å². The van der Waals surface area contributed by atoms with E-state index in [1.807, 2.05) is 22.8 Å². The number of piperidine rings is 1. The number of hydrogen-bond acceptors (Lipinski definition) is 5. The van der Waals surface area contributed by atoms with Crippen LogP contribution in [0.15, 0.2) is 41.2 Å². The van der Waals surface area contributed by atoms with Gasteiger partial charge in [0, 0.05) is 75.4 Å². The number of aromatic nitrogens is 1. The Balaban J connectivity index is 1.53. The molecule has 2 bridgehead atoms. The molecule has 4 unspecified atom stereocenters. The molecule has 4 atom stereocenters. The Morgan fingerprint density at radius 3 is 2.82 bits per heavy atom. The van der Waals surface area contributed by atoms with E-state index in [-0.39, 0.29) is 35.3 Å². The number of amides is 2. The van der Waals surface area contributed by atoms with Gasteiger partial charge in [-0.1, -0.05) is 6.07 Å². The number of nitrogens with zero attached hydrogens (tertiary/aromatic N) is 2. The van der Waals surface area contributed by atoms with Crippen molar-refractivity contribution < 1.29 is 14.3 Å². The highest BCUT2D eigenvalue weighted by atomic mass is 16.5. The molecule has 2 aromatic rings. The number of pyridine rings is 1. The average molecular weight is 465 g/mol. The predicted octanol–water partition coefficient (Wildman–Crippen LogP) is 2.12. The summed E-state index contributed by atoms with van der Waals surface area (Å²) in [6, 6.07) is 11.5. The van der Waals surface area contributed by atoms with Gasteiger partial charge in [-0.25, -0.2) is 0 Å². The Labute approximate surface area is 199 Å². The number of nitrogens with one attached hydrogen (secondary N) is 2. The Bertz CT molecular complexity index is 1160. The van der Waals surface area contributed by atoms with Crippen LogP contribution in [-0.4, -0.2) is 49.2 Å². The monoisotopic (exact) mass is 464 g/mol. The topological polar surface area (TPSA) is 92.7 Å². The van der Waals surface area contributed by atoms with Crippen molar-refractivity contribution in [2.24, 2.45) is 11.8 Å². The fourth-order valence-electron chi connectivity index (χ4n) is 6.16. The van der Waals surface area contributed by atoms with Crippen LogP contribution in [0.25, 0.3) is 0 Å². The van der Waals surface area contributed by atoms with E-state index in [1.54, 1.807) is 13.2 Å². The summed E-state index contributed by atoms with van der Waals surface area (Å²) < 4.78 is 7.04. The SMILES string of the molecule is COCCCNC(=O)C1Cc2cc(NC(C)=O)ccc2N2CC3CC(c4cccc(=O)n4C3)C12. The van der Waals surface area contributed by atoms with E-state index in [4.69, 9.17) is 4.74 Å². The van der Waals surface area contributed by atoms with Crippen LogP contribution >= 0.6 is 0 Å². The third kappa shape index (κ3) is 4.11. The Kier molecular flexibility index (Phi) is 6.16. The van der Waals surface area contributed by atoms with Crippen molar-refractivity contribution in [2.75, 3.05) is 37.0 Å². The van der Waals surface area contributed by atoms with Gasteiger partial charge in [0.2, 0.25) is 11.8 Å². The molecule has 0 saturated carbocycles. The zero-order chi connectivity index (χ0) is 23.8. The van der Waals surface area contributed by atoms with Crippen LogP contribution in [0, 0.1) is 11.8 Å². The summed E-state index contributed by atoms with van der Waals surface area (Å²) in [5, 5.41) is 5.99. The van der Waals surface area contributed by atoms with E-state index in [9.17, 15) is 14.4 Å². The van der Waals surface area contributed by atoms with Gasteiger partial charge in [0.1, 0.15) is 0 Å². The molecular weight excluding hydrogens is 432 g/mol. The third-order valence-electron chi connectivity index (χ3n) is 7.44. The van der Waals surface area contributed by atoms with Crippen LogP contribution in [0.4, 0.5) is 11.4 Å². The van der Waals surface area contributed by atoms with Gasteiger partial charge in [0.15, 0.2) is 0 Å². The number of hydrogen-bond donors (Lipinski definition) is 2. The van der Waals surface area contributed by atoms with Gasteiger partial charge >= 0.3 is 0 Å². The van der Waals surface area contributed by atoms with Crippen molar-refractivity contribution in [1.29, 1.82) is 0 Å². The molecule has 1 aromatic heterocycles. The van der Waals surface area contributed by atoms with Gasteiger partial charge < -0.3 is 24.8 Å². The Morgan fingerprint density at radius 1 is 1.18 bits per heavy atom. The van der Waals surface area contributed by atoms with Gasteiger partial charge in [-0.2, -0.15) is 0 Å². The fraction of sp³-hybridized carbons (Fsp3) is 0.500. The van der Waals surface area contributed by atoms with E-state index in [0.29, 0.717) is 32.0 Å². The number of rotatable bonds is 6. The standard InChI is InChI=1S/C26H32N4O4/c1-16(31)28-19-7-8-22-18(12-19)13-21(26(33)27-9-4-10-34-2)25-20-11-17(15-30(22)25)14-29-23(20)5-3-6-24(29)32/h3,5-8,12,17,20-21,25H,4,9-11,13-15H2,1-2H3,(H,27,33)(H,28,31). The van der Waals surface area contributed by atoms with Gasteiger partial charge in [0.25, 0.3) is 5.56 Å². The van der Waals surface area contributed by atoms with Crippen LogP contribution < -0.4 is 21.1 Å². The summed E-state index contributed by atoms with van der Waals surface area (Å²) >= 11 is 0. The Hall–Kier alpha value is -3.13. The van der Waals surface area contributed by atoms with Crippen molar-refractivity contribution in [2.45, 2.75) is 44.7 Å². The molecule has 4 heterocycles. The molecule has 3 aliphatic rings. The lowest BCUT2D eigenvalue weighted by molar-refractivity contribution is -0.126. The number of carbonyl (C=O) groups is 2. The molecule has 8 nitrogen and oxygen atoms in total. The first kappa shape index (κ1) is 22.7. The molecule has 2 N–H and O–H groups in total. The van der Waals surface area contributed by atoms with E-state index in [2.05, 4.69) is 27.7 Å². The molecule has 8 heteroatoms. The van der Waals surface area contributed by atoms with Crippen LogP contribution in [-0.2, 0) is 27.3 Å². The fourth-order valence-corrected chi connectivity index (χ4v) is 6.16. The average Bonchev–Trinajstić information content (AvgIpc) is 2.81. The molecule has 3 aliphatic heterocycles. The molecule has 0 spiro atoms. The molecule has 0 aliphatic carbocycles. The minimum atomic E-state index is -0.254. The van der Waals surface area contributed by atoms with Crippen LogP contribution in [0.1, 0.15) is 36.9 Å². The summed E-state index contributed by atoms with van der Waals surface area (Å²) in [5.41, 5.74) is 4.03. The third-order valence-corrected chi connectivity index (χ3v) is 7.44. The quantitative estimate of drug-likeness (QED) is 0.639. The highest BCUT2D eigenvalue weighted by molar-refractivity contribution is 5.89. The number of fused-ring (bicyclic) bond motifs is 8. The smallest absolute Gasteiger partial charge is 0.250 e.